The monoisotopic (exact) mass is 233 g/mol. The highest BCUT2D eigenvalue weighted by Gasteiger charge is 2.03. The summed E-state index contributed by atoms with van der Waals surface area (Å²) < 4.78 is 0. The second-order valence-corrected chi connectivity index (χ2v) is 4.49. The topological polar surface area (TPSA) is 52.1 Å². The maximum atomic E-state index is 8.79. The number of hydrogen-bond donors (Lipinski definition) is 2. The van der Waals surface area contributed by atoms with Crippen LogP contribution in [0.1, 0.15) is 17.8 Å². The van der Waals surface area contributed by atoms with Crippen LogP contribution >= 0.6 is 0 Å². The molecule has 2 N–H and O–H groups in total. The van der Waals surface area contributed by atoms with Gasteiger partial charge in [-0.25, -0.2) is 4.98 Å². The molecule has 0 unspecified atom stereocenters. The van der Waals surface area contributed by atoms with E-state index in [4.69, 9.17) is 5.11 Å². The molecule has 4 nitrogen and oxygen atoms in total. The fourth-order valence-electron chi connectivity index (χ4n) is 2.01. The molecule has 0 aliphatic heterocycles. The van der Waals surface area contributed by atoms with Crippen molar-refractivity contribution in [3.8, 4) is 0 Å². The lowest BCUT2D eigenvalue weighted by Crippen LogP contribution is -2.19. The third-order valence-corrected chi connectivity index (χ3v) is 2.82. The van der Waals surface area contributed by atoms with E-state index >= 15 is 0 Å². The van der Waals surface area contributed by atoms with Gasteiger partial charge in [-0.1, -0.05) is 6.07 Å². The van der Waals surface area contributed by atoms with Gasteiger partial charge in [-0.3, -0.25) is 0 Å². The molecule has 2 aromatic rings. The minimum absolute atomic E-state index is 0.253. The van der Waals surface area contributed by atoms with E-state index in [1.807, 2.05) is 13.0 Å². The minimum atomic E-state index is 0.253. The number of H-pyrrole nitrogens is 1. The Morgan fingerprint density at radius 1 is 1.41 bits per heavy atom. The van der Waals surface area contributed by atoms with E-state index in [1.54, 1.807) is 0 Å². The van der Waals surface area contributed by atoms with Crippen molar-refractivity contribution in [2.45, 2.75) is 19.9 Å². The Morgan fingerprint density at radius 2 is 2.24 bits per heavy atom. The molecule has 1 heterocycles. The van der Waals surface area contributed by atoms with Gasteiger partial charge in [0.1, 0.15) is 5.82 Å². The molecule has 0 saturated carbocycles. The molecule has 2 rings (SSSR count). The van der Waals surface area contributed by atoms with Gasteiger partial charge in [-0.15, -0.1) is 0 Å². The zero-order chi connectivity index (χ0) is 12.3. The molecule has 0 aliphatic carbocycles. The quantitative estimate of drug-likeness (QED) is 0.826. The number of aliphatic hydroxyl groups excluding tert-OH is 1. The first kappa shape index (κ1) is 12.1. The van der Waals surface area contributed by atoms with E-state index in [9.17, 15) is 0 Å². The predicted molar refractivity (Wildman–Crippen MR) is 68.9 cm³/mol. The molecule has 0 saturated heterocycles. The van der Waals surface area contributed by atoms with E-state index in [-0.39, 0.29) is 6.61 Å². The fourth-order valence-corrected chi connectivity index (χ4v) is 2.01. The Hall–Kier alpha value is -1.39. The van der Waals surface area contributed by atoms with Gasteiger partial charge in [0.05, 0.1) is 11.0 Å². The number of fused-ring (bicyclic) bond motifs is 1. The largest absolute Gasteiger partial charge is 0.396 e. The fraction of sp³-hybridized carbons (Fsp3) is 0.462. The summed E-state index contributed by atoms with van der Waals surface area (Å²) in [6.07, 6.45) is 0.821. The van der Waals surface area contributed by atoms with Crippen molar-refractivity contribution in [2.75, 3.05) is 20.2 Å². The maximum absolute atomic E-state index is 8.79. The molecule has 0 radical (unpaired) electrons. The lowest BCUT2D eigenvalue weighted by Gasteiger charge is -2.15. The lowest BCUT2D eigenvalue weighted by atomic mass is 10.2. The summed E-state index contributed by atoms with van der Waals surface area (Å²) in [6, 6.07) is 6.30. The second-order valence-electron chi connectivity index (χ2n) is 4.49. The highest BCUT2D eigenvalue weighted by molar-refractivity contribution is 5.75. The summed E-state index contributed by atoms with van der Waals surface area (Å²) in [6.45, 7) is 4.03. The summed E-state index contributed by atoms with van der Waals surface area (Å²) in [5, 5.41) is 8.79. The number of nitrogens with zero attached hydrogens (tertiary/aromatic N) is 2. The van der Waals surface area contributed by atoms with Crippen molar-refractivity contribution in [1.82, 2.24) is 14.9 Å². The van der Waals surface area contributed by atoms with Crippen LogP contribution < -0.4 is 0 Å². The first-order valence-corrected chi connectivity index (χ1v) is 5.93. The van der Waals surface area contributed by atoms with Gasteiger partial charge in [-0.05, 0) is 38.1 Å². The third kappa shape index (κ3) is 3.05. The summed E-state index contributed by atoms with van der Waals surface area (Å²) in [7, 11) is 2.07. The van der Waals surface area contributed by atoms with Crippen LogP contribution in [0.3, 0.4) is 0 Å². The molecule has 17 heavy (non-hydrogen) atoms. The van der Waals surface area contributed by atoms with Gasteiger partial charge < -0.3 is 15.0 Å². The highest BCUT2D eigenvalue weighted by atomic mass is 16.3. The van der Waals surface area contributed by atoms with Crippen LogP contribution in [0.25, 0.3) is 11.0 Å². The molecule has 1 aromatic heterocycles. The molecule has 0 aliphatic rings. The lowest BCUT2D eigenvalue weighted by molar-refractivity contribution is 0.244. The standard InChI is InChI=1S/C13H19N3O/c1-10-14-12-5-4-11(8-13(12)15-10)9-16(2)6-3-7-17/h4-5,8,17H,3,6-7,9H2,1-2H3,(H,14,15). The average molecular weight is 233 g/mol. The average Bonchev–Trinajstić information content (AvgIpc) is 2.65. The van der Waals surface area contributed by atoms with E-state index in [0.717, 1.165) is 36.4 Å². The molecule has 0 bridgehead atoms. The van der Waals surface area contributed by atoms with Crippen LogP contribution in [0.15, 0.2) is 18.2 Å². The Bertz CT molecular complexity index is 492. The zero-order valence-electron chi connectivity index (χ0n) is 10.4. The van der Waals surface area contributed by atoms with Gasteiger partial charge in [-0.2, -0.15) is 0 Å². The summed E-state index contributed by atoms with van der Waals surface area (Å²) in [4.78, 5) is 9.84. The van der Waals surface area contributed by atoms with Crippen molar-refractivity contribution < 1.29 is 5.11 Å². The number of aromatic nitrogens is 2. The van der Waals surface area contributed by atoms with E-state index in [0.29, 0.717) is 0 Å². The van der Waals surface area contributed by atoms with Crippen molar-refractivity contribution in [1.29, 1.82) is 0 Å². The molecule has 92 valence electrons. The van der Waals surface area contributed by atoms with E-state index in [2.05, 4.69) is 34.0 Å². The van der Waals surface area contributed by atoms with Gasteiger partial charge in [0.2, 0.25) is 0 Å². The van der Waals surface area contributed by atoms with Crippen molar-refractivity contribution in [3.05, 3.63) is 29.6 Å². The van der Waals surface area contributed by atoms with E-state index < -0.39 is 0 Å². The Labute approximate surface area is 101 Å². The number of aliphatic hydroxyl groups is 1. The third-order valence-electron chi connectivity index (χ3n) is 2.82. The summed E-state index contributed by atoms with van der Waals surface area (Å²) >= 11 is 0. The highest BCUT2D eigenvalue weighted by Crippen LogP contribution is 2.14. The molecule has 4 heteroatoms. The molecule has 1 aromatic carbocycles. The van der Waals surface area contributed by atoms with Gasteiger partial charge >= 0.3 is 0 Å². The number of hydrogen-bond acceptors (Lipinski definition) is 3. The van der Waals surface area contributed by atoms with Crippen molar-refractivity contribution >= 4 is 11.0 Å². The number of imidazole rings is 1. The van der Waals surface area contributed by atoms with Crippen LogP contribution in [0, 0.1) is 6.92 Å². The van der Waals surface area contributed by atoms with Crippen molar-refractivity contribution in [2.24, 2.45) is 0 Å². The molecule has 0 spiro atoms. The Kier molecular flexibility index (Phi) is 3.76. The smallest absolute Gasteiger partial charge is 0.104 e. The first-order valence-electron chi connectivity index (χ1n) is 5.93. The molecule has 0 amide bonds. The van der Waals surface area contributed by atoms with Gasteiger partial charge in [0, 0.05) is 19.7 Å². The molecular formula is C13H19N3O. The SMILES string of the molecule is Cc1nc2ccc(CN(C)CCCO)cc2[nH]1. The maximum Gasteiger partial charge on any atom is 0.104 e. The summed E-state index contributed by atoms with van der Waals surface area (Å²) in [5.74, 6) is 0.950. The summed E-state index contributed by atoms with van der Waals surface area (Å²) in [5.41, 5.74) is 3.38. The predicted octanol–water partition coefficient (Wildman–Crippen LogP) is 1.69. The number of aryl methyl sites for hydroxylation is 1. The second kappa shape index (κ2) is 5.29. The van der Waals surface area contributed by atoms with Gasteiger partial charge in [0.25, 0.3) is 0 Å². The zero-order valence-corrected chi connectivity index (χ0v) is 10.4. The number of nitrogens with one attached hydrogen (secondary N) is 1. The van der Waals surface area contributed by atoms with Gasteiger partial charge in [0.15, 0.2) is 0 Å². The first-order chi connectivity index (χ1) is 8.19. The Morgan fingerprint density at radius 3 is 3.00 bits per heavy atom. The molecule has 0 fully saturated rings. The number of benzene rings is 1. The number of rotatable bonds is 5. The van der Waals surface area contributed by atoms with E-state index in [1.165, 1.54) is 5.56 Å². The van der Waals surface area contributed by atoms with Crippen LogP contribution in [0.4, 0.5) is 0 Å². The van der Waals surface area contributed by atoms with Crippen molar-refractivity contribution in [3.63, 3.8) is 0 Å². The number of aromatic amines is 1. The Balaban J connectivity index is 2.08. The normalized spacial score (nSPS) is 11.5. The van der Waals surface area contributed by atoms with Crippen LogP contribution in [-0.2, 0) is 6.54 Å². The van der Waals surface area contributed by atoms with Crippen LogP contribution in [0.5, 0.6) is 0 Å². The molecule has 0 atom stereocenters. The van der Waals surface area contributed by atoms with Crippen LogP contribution in [0.2, 0.25) is 0 Å². The minimum Gasteiger partial charge on any atom is -0.396 e. The van der Waals surface area contributed by atoms with Crippen LogP contribution in [-0.4, -0.2) is 40.2 Å². The molecular weight excluding hydrogens is 214 g/mol.